The Labute approximate surface area is 185 Å². The Hall–Kier alpha value is -3.68. The topological polar surface area (TPSA) is 76.5 Å². The minimum Gasteiger partial charge on any atom is -0.497 e. The van der Waals surface area contributed by atoms with Crippen LogP contribution in [0, 0.1) is 11.7 Å². The van der Waals surface area contributed by atoms with Crippen LogP contribution in [-0.2, 0) is 11.3 Å². The first-order chi connectivity index (χ1) is 15.5. The summed E-state index contributed by atoms with van der Waals surface area (Å²) in [5.41, 5.74) is 1.26. The number of carbonyl (C=O) groups is 1. The number of piperidine rings is 1. The first-order valence-electron chi connectivity index (χ1n) is 10.6. The predicted molar refractivity (Wildman–Crippen MR) is 120 cm³/mol. The van der Waals surface area contributed by atoms with E-state index in [9.17, 15) is 14.0 Å². The summed E-state index contributed by atoms with van der Waals surface area (Å²) in [7, 11) is 1.59. The third kappa shape index (κ3) is 4.96. The lowest BCUT2D eigenvalue weighted by molar-refractivity contribution is -0.125. The molecule has 1 aromatic heterocycles. The second kappa shape index (κ2) is 9.64. The highest BCUT2D eigenvalue weighted by molar-refractivity contribution is 5.79. The number of benzene rings is 2. The molecule has 0 unspecified atom stereocenters. The number of carbonyl (C=O) groups excluding carboxylic acids is 1. The number of rotatable bonds is 6. The number of methoxy groups -OCH3 is 1. The SMILES string of the molecule is COc1ccc(-n2nc(N3CCC[C@@H](C(=O)NCc4ccc(F)cc4)C3)ccc2=O)cc1. The first-order valence-corrected chi connectivity index (χ1v) is 10.6. The zero-order valence-corrected chi connectivity index (χ0v) is 17.8. The average molecular weight is 436 g/mol. The summed E-state index contributed by atoms with van der Waals surface area (Å²) in [5.74, 6) is 0.821. The lowest BCUT2D eigenvalue weighted by atomic mass is 9.97. The van der Waals surface area contributed by atoms with Crippen molar-refractivity contribution < 1.29 is 13.9 Å². The van der Waals surface area contributed by atoms with Gasteiger partial charge in [-0.3, -0.25) is 9.59 Å². The molecule has 0 spiro atoms. The standard InChI is InChI=1S/C24H25FN4O3/c1-32-21-10-8-20(9-11-21)29-23(30)13-12-22(27-29)28-14-2-3-18(16-28)24(31)26-15-17-4-6-19(25)7-5-17/h4-13,18H,2-3,14-16H2,1H3,(H,26,31)/t18-/m1/s1. The smallest absolute Gasteiger partial charge is 0.271 e. The van der Waals surface area contributed by atoms with Crippen molar-refractivity contribution in [2.24, 2.45) is 5.92 Å². The molecule has 3 aromatic rings. The fraction of sp³-hybridized carbons (Fsp3) is 0.292. The number of amides is 1. The number of hydrogen-bond acceptors (Lipinski definition) is 5. The third-order valence-electron chi connectivity index (χ3n) is 5.60. The molecule has 32 heavy (non-hydrogen) atoms. The van der Waals surface area contributed by atoms with Gasteiger partial charge in [-0.05, 0) is 60.9 Å². The minimum absolute atomic E-state index is 0.0394. The van der Waals surface area contributed by atoms with Crippen molar-refractivity contribution in [2.75, 3.05) is 25.1 Å². The summed E-state index contributed by atoms with van der Waals surface area (Å²) >= 11 is 0. The van der Waals surface area contributed by atoms with Crippen LogP contribution < -0.4 is 20.5 Å². The molecule has 2 heterocycles. The largest absolute Gasteiger partial charge is 0.497 e. The van der Waals surface area contributed by atoms with Crippen LogP contribution in [0.15, 0.2) is 65.5 Å². The van der Waals surface area contributed by atoms with Gasteiger partial charge in [-0.1, -0.05) is 12.1 Å². The van der Waals surface area contributed by atoms with Crippen molar-refractivity contribution in [3.05, 3.63) is 82.4 Å². The zero-order chi connectivity index (χ0) is 22.5. The van der Waals surface area contributed by atoms with Crippen LogP contribution in [0.5, 0.6) is 5.75 Å². The van der Waals surface area contributed by atoms with Gasteiger partial charge in [-0.25, -0.2) is 4.39 Å². The molecule has 1 atom stereocenters. The molecule has 0 bridgehead atoms. The maximum atomic E-state index is 13.1. The minimum atomic E-state index is -0.300. The first kappa shape index (κ1) is 21.5. The maximum Gasteiger partial charge on any atom is 0.271 e. The Morgan fingerprint density at radius 1 is 1.12 bits per heavy atom. The van der Waals surface area contributed by atoms with E-state index in [1.54, 1.807) is 49.6 Å². The summed E-state index contributed by atoms with van der Waals surface area (Å²) in [6.45, 7) is 1.63. The summed E-state index contributed by atoms with van der Waals surface area (Å²) < 4.78 is 19.6. The van der Waals surface area contributed by atoms with Gasteiger partial charge in [0.1, 0.15) is 17.4 Å². The molecule has 1 aliphatic rings. The van der Waals surface area contributed by atoms with E-state index in [4.69, 9.17) is 4.74 Å². The van der Waals surface area contributed by atoms with E-state index >= 15 is 0 Å². The summed E-state index contributed by atoms with van der Waals surface area (Å²) in [5, 5.41) is 7.48. The van der Waals surface area contributed by atoms with E-state index in [2.05, 4.69) is 10.4 Å². The van der Waals surface area contributed by atoms with Crippen molar-refractivity contribution in [3.63, 3.8) is 0 Å². The summed E-state index contributed by atoms with van der Waals surface area (Å²) in [4.78, 5) is 27.1. The predicted octanol–water partition coefficient (Wildman–Crippen LogP) is 2.91. The van der Waals surface area contributed by atoms with Crippen molar-refractivity contribution >= 4 is 11.7 Å². The van der Waals surface area contributed by atoms with E-state index in [1.807, 2.05) is 4.90 Å². The van der Waals surface area contributed by atoms with Gasteiger partial charge >= 0.3 is 0 Å². The van der Waals surface area contributed by atoms with Crippen LogP contribution in [0.4, 0.5) is 10.2 Å². The molecule has 166 valence electrons. The Kier molecular flexibility index (Phi) is 6.49. The van der Waals surface area contributed by atoms with Gasteiger partial charge in [0.05, 0.1) is 18.7 Å². The second-order valence-corrected chi connectivity index (χ2v) is 7.77. The van der Waals surface area contributed by atoms with Crippen LogP contribution >= 0.6 is 0 Å². The van der Waals surface area contributed by atoms with E-state index in [-0.39, 0.29) is 23.2 Å². The maximum absolute atomic E-state index is 13.1. The highest BCUT2D eigenvalue weighted by atomic mass is 19.1. The fourth-order valence-electron chi connectivity index (χ4n) is 3.81. The molecular formula is C24H25FN4O3. The second-order valence-electron chi connectivity index (χ2n) is 7.77. The summed E-state index contributed by atoms with van der Waals surface area (Å²) in [6, 6.07) is 16.4. The zero-order valence-electron chi connectivity index (χ0n) is 17.8. The van der Waals surface area contributed by atoms with Crippen LogP contribution in [0.3, 0.4) is 0 Å². The Morgan fingerprint density at radius 3 is 2.59 bits per heavy atom. The molecule has 1 aliphatic heterocycles. The van der Waals surface area contributed by atoms with Gasteiger partial charge in [0.2, 0.25) is 5.91 Å². The molecule has 2 aromatic carbocycles. The number of aromatic nitrogens is 2. The normalized spacial score (nSPS) is 15.9. The molecule has 1 fully saturated rings. The molecule has 7 nitrogen and oxygen atoms in total. The highest BCUT2D eigenvalue weighted by Gasteiger charge is 2.26. The summed E-state index contributed by atoms with van der Waals surface area (Å²) in [6.07, 6.45) is 1.63. The Balaban J connectivity index is 1.45. The monoisotopic (exact) mass is 436 g/mol. The van der Waals surface area contributed by atoms with Crippen LogP contribution in [-0.4, -0.2) is 35.9 Å². The number of hydrogen-bond donors (Lipinski definition) is 1. The average Bonchev–Trinajstić information content (AvgIpc) is 2.84. The van der Waals surface area contributed by atoms with Gasteiger partial charge in [0.25, 0.3) is 5.56 Å². The van der Waals surface area contributed by atoms with Crippen molar-refractivity contribution in [3.8, 4) is 11.4 Å². The number of nitrogens with zero attached hydrogens (tertiary/aromatic N) is 3. The van der Waals surface area contributed by atoms with Gasteiger partial charge < -0.3 is 15.0 Å². The molecule has 0 saturated carbocycles. The molecule has 8 heteroatoms. The molecule has 0 aliphatic carbocycles. The molecule has 4 rings (SSSR count). The fourth-order valence-corrected chi connectivity index (χ4v) is 3.81. The molecule has 1 saturated heterocycles. The van der Waals surface area contributed by atoms with E-state index in [0.29, 0.717) is 30.3 Å². The number of nitrogens with one attached hydrogen (secondary N) is 1. The van der Waals surface area contributed by atoms with Crippen molar-refractivity contribution in [1.82, 2.24) is 15.1 Å². The lowest BCUT2D eigenvalue weighted by Gasteiger charge is -2.33. The number of ether oxygens (including phenoxy) is 1. The lowest BCUT2D eigenvalue weighted by Crippen LogP contribution is -2.43. The van der Waals surface area contributed by atoms with Crippen LogP contribution in [0.2, 0.25) is 0 Å². The number of halogens is 1. The van der Waals surface area contributed by atoms with Crippen molar-refractivity contribution in [2.45, 2.75) is 19.4 Å². The van der Waals surface area contributed by atoms with E-state index in [1.165, 1.54) is 22.9 Å². The van der Waals surface area contributed by atoms with Gasteiger partial charge in [0, 0.05) is 25.7 Å². The van der Waals surface area contributed by atoms with Crippen LogP contribution in [0.25, 0.3) is 5.69 Å². The van der Waals surface area contributed by atoms with Crippen LogP contribution in [0.1, 0.15) is 18.4 Å². The van der Waals surface area contributed by atoms with E-state index in [0.717, 1.165) is 24.9 Å². The molecule has 0 radical (unpaired) electrons. The quantitative estimate of drug-likeness (QED) is 0.643. The molecule has 1 N–H and O–H groups in total. The molecule has 1 amide bonds. The van der Waals surface area contributed by atoms with E-state index < -0.39 is 0 Å². The number of anilines is 1. The Morgan fingerprint density at radius 2 is 1.88 bits per heavy atom. The Bertz CT molecular complexity index is 1130. The molecular weight excluding hydrogens is 411 g/mol. The van der Waals surface area contributed by atoms with Gasteiger partial charge in [-0.15, -0.1) is 5.10 Å². The third-order valence-corrected chi connectivity index (χ3v) is 5.60. The highest BCUT2D eigenvalue weighted by Crippen LogP contribution is 2.22. The van der Waals surface area contributed by atoms with Gasteiger partial charge in [0.15, 0.2) is 0 Å². The van der Waals surface area contributed by atoms with Crippen molar-refractivity contribution in [1.29, 1.82) is 0 Å². The van der Waals surface area contributed by atoms with Gasteiger partial charge in [-0.2, -0.15) is 4.68 Å².